The van der Waals surface area contributed by atoms with E-state index in [1.54, 1.807) is 47.5 Å². The fourth-order valence-electron chi connectivity index (χ4n) is 8.70. The average molecular weight is 888 g/mol. The number of hydrogen-bond acceptors (Lipinski definition) is 12. The van der Waals surface area contributed by atoms with Gasteiger partial charge in [0.2, 0.25) is 0 Å². The van der Waals surface area contributed by atoms with Crippen molar-refractivity contribution in [3.63, 3.8) is 0 Å². The number of aryl methyl sites for hydroxylation is 2. The number of esters is 2. The highest BCUT2D eigenvalue weighted by Crippen LogP contribution is 2.42. The molecule has 4 aromatic heterocycles. The molecule has 0 radical (unpaired) electrons. The molecular weight excluding hydrogens is 839 g/mol. The number of ether oxygens (including phenoxy) is 2. The van der Waals surface area contributed by atoms with Gasteiger partial charge in [0.1, 0.15) is 22.1 Å². The summed E-state index contributed by atoms with van der Waals surface area (Å²) in [5.74, 6) is -0.816. The predicted molar refractivity (Wildman–Crippen MR) is 233 cm³/mol. The zero-order chi connectivity index (χ0) is 44.1. The summed E-state index contributed by atoms with van der Waals surface area (Å²) < 4.78 is 16.8. The van der Waals surface area contributed by atoms with E-state index in [1.807, 2.05) is 50.2 Å². The number of nitrogens with one attached hydrogen (secondary N) is 2. The van der Waals surface area contributed by atoms with E-state index in [0.29, 0.717) is 79.2 Å². The van der Waals surface area contributed by atoms with Gasteiger partial charge in [-0.2, -0.15) is 10.2 Å². The number of benzene rings is 2. The average Bonchev–Trinajstić information content (AvgIpc) is 3.84. The van der Waals surface area contributed by atoms with Crippen molar-refractivity contribution in [1.29, 1.82) is 0 Å². The fraction of sp³-hybridized carbons (Fsp3) is 0.409. The van der Waals surface area contributed by atoms with Crippen LogP contribution in [0.5, 0.6) is 0 Å². The molecule has 0 atom stereocenters. The first-order valence-electron chi connectivity index (χ1n) is 20.7. The summed E-state index contributed by atoms with van der Waals surface area (Å²) in [6.07, 6.45) is 3.34. The molecule has 2 aromatic carbocycles. The Kier molecular flexibility index (Phi) is 11.9. The molecule has 326 valence electrons. The Balaban J connectivity index is 1.03. The van der Waals surface area contributed by atoms with Crippen molar-refractivity contribution in [2.24, 2.45) is 0 Å². The van der Waals surface area contributed by atoms with Gasteiger partial charge >= 0.3 is 11.9 Å². The second kappa shape index (κ2) is 17.1. The van der Waals surface area contributed by atoms with Crippen LogP contribution in [0.4, 0.5) is 0 Å². The van der Waals surface area contributed by atoms with E-state index in [0.717, 1.165) is 0 Å². The van der Waals surface area contributed by atoms with E-state index in [4.69, 9.17) is 42.9 Å². The van der Waals surface area contributed by atoms with Gasteiger partial charge in [-0.3, -0.25) is 29.8 Å². The summed E-state index contributed by atoms with van der Waals surface area (Å²) in [4.78, 5) is 52.9. The Morgan fingerprint density at radius 1 is 0.694 bits per heavy atom. The molecule has 0 spiro atoms. The molecule has 16 nitrogen and oxygen atoms in total. The first-order valence-corrected chi connectivity index (χ1v) is 21.4. The molecule has 18 heteroatoms. The number of halogens is 2. The fourth-order valence-corrected chi connectivity index (χ4v) is 9.35. The molecule has 0 aliphatic heterocycles. The number of aliphatic hydroxyl groups is 2. The molecule has 8 rings (SSSR count). The highest BCUT2D eigenvalue weighted by molar-refractivity contribution is 6.39. The van der Waals surface area contributed by atoms with Crippen molar-refractivity contribution in [2.45, 2.75) is 89.8 Å². The number of nitrogens with zero attached hydrogens (tertiary/aromatic N) is 6. The van der Waals surface area contributed by atoms with Crippen LogP contribution >= 0.6 is 23.2 Å². The first kappa shape index (κ1) is 43.3. The van der Waals surface area contributed by atoms with Gasteiger partial charge in [0.25, 0.3) is 11.1 Å². The van der Waals surface area contributed by atoms with Gasteiger partial charge in [0.15, 0.2) is 0 Å². The van der Waals surface area contributed by atoms with Crippen LogP contribution in [0.15, 0.2) is 70.5 Å². The smallest absolute Gasteiger partial charge is 0.326 e. The lowest BCUT2D eigenvalue weighted by atomic mass is 9.74. The van der Waals surface area contributed by atoms with E-state index >= 15 is 0 Å². The minimum absolute atomic E-state index is 0.231. The maximum Gasteiger partial charge on any atom is 0.326 e. The van der Waals surface area contributed by atoms with Crippen LogP contribution in [0.25, 0.3) is 44.7 Å². The van der Waals surface area contributed by atoms with Gasteiger partial charge in [-0.1, -0.05) is 59.6 Å². The maximum absolute atomic E-state index is 13.8. The minimum Gasteiger partial charge on any atom is -0.465 e. The third-order valence-electron chi connectivity index (χ3n) is 12.0. The van der Waals surface area contributed by atoms with E-state index < -0.39 is 35.2 Å². The van der Waals surface area contributed by atoms with Gasteiger partial charge in [-0.05, 0) is 39.8 Å². The molecule has 0 unspecified atom stereocenters. The molecule has 0 saturated heterocycles. The summed E-state index contributed by atoms with van der Waals surface area (Å²) >= 11 is 14.3. The van der Waals surface area contributed by atoms with Crippen molar-refractivity contribution in [3.05, 3.63) is 103 Å². The number of carbonyl (C=O) groups excluding carboxylic acids is 2. The van der Waals surface area contributed by atoms with E-state index in [-0.39, 0.29) is 63.1 Å². The summed E-state index contributed by atoms with van der Waals surface area (Å²) in [7, 11) is 0. The van der Waals surface area contributed by atoms with Crippen molar-refractivity contribution in [2.75, 3.05) is 26.3 Å². The van der Waals surface area contributed by atoms with Crippen molar-refractivity contribution in [3.8, 4) is 33.6 Å². The van der Waals surface area contributed by atoms with Gasteiger partial charge in [-0.25, -0.2) is 9.03 Å². The Morgan fingerprint density at radius 2 is 1.06 bits per heavy atom. The summed E-state index contributed by atoms with van der Waals surface area (Å²) in [5, 5.41) is 36.6. The number of fused-ring (bicyclic) bond motifs is 2. The quantitative estimate of drug-likeness (QED) is 0.107. The molecule has 2 aliphatic carbocycles. The van der Waals surface area contributed by atoms with Crippen LogP contribution in [-0.4, -0.2) is 100 Å². The highest BCUT2D eigenvalue weighted by atomic mass is 35.5. The molecule has 0 amide bonds. The topological polar surface area (TPSA) is 196 Å². The summed E-state index contributed by atoms with van der Waals surface area (Å²) in [6, 6.07) is 14.4. The van der Waals surface area contributed by atoms with Crippen LogP contribution in [0.3, 0.4) is 0 Å². The molecule has 6 aromatic rings. The van der Waals surface area contributed by atoms with E-state index in [2.05, 4.69) is 10.6 Å². The molecular formula is C44H48Cl2N8O8. The number of carbonyl (C=O) groups is 2. The van der Waals surface area contributed by atoms with Crippen LogP contribution in [0, 0.1) is 13.8 Å². The lowest BCUT2D eigenvalue weighted by Gasteiger charge is -2.43. The molecule has 4 N–H and O–H groups in total. The maximum atomic E-state index is 13.8. The van der Waals surface area contributed by atoms with Gasteiger partial charge in [-0.15, -0.1) is 0 Å². The highest BCUT2D eigenvalue weighted by Gasteiger charge is 2.51. The Bertz CT molecular complexity index is 2640. The van der Waals surface area contributed by atoms with E-state index in [9.17, 15) is 29.4 Å². The molecule has 4 heterocycles. The predicted octanol–water partition coefficient (Wildman–Crippen LogP) is 4.32. The van der Waals surface area contributed by atoms with Gasteiger partial charge in [0, 0.05) is 97.9 Å². The number of aromatic nitrogens is 6. The number of hydrogen-bond donors (Lipinski definition) is 4. The molecule has 2 aliphatic rings. The van der Waals surface area contributed by atoms with Crippen molar-refractivity contribution < 1.29 is 29.3 Å². The summed E-state index contributed by atoms with van der Waals surface area (Å²) in [5.41, 5.74) is 2.88. The first-order chi connectivity index (χ1) is 29.7. The number of aliphatic hydroxyl groups excluding tert-OH is 2. The molecule has 2 fully saturated rings. The second-order valence-electron chi connectivity index (χ2n) is 16.1. The molecule has 0 bridgehead atoms. The SMILES string of the molecule is CCOC(=O)C1(NCCn2c(C)cn3nc(-c4cccc(-c5cccc(-c6cc7c(=O)n(CCNC8(C(=O)OCC)CC(O)C8)c(C)cn7n6)c5Cl)c4Cl)cc3c2=O)CC(O)C1. The van der Waals surface area contributed by atoms with Crippen molar-refractivity contribution in [1.82, 2.24) is 39.0 Å². The standard InChI is InChI=1S/C44H48Cl2N8O8/c1-5-61-41(59)43(19-27(55)20-43)47-13-15-51-25(3)23-53-35(39(51)57)17-33(49-53)31-11-7-9-29(37(31)45)30-10-8-12-32(38(30)46)34-18-36-40(58)52(26(4)24-54(36)50-34)16-14-48-44(21-28(56)22-44)42(60)62-6-2/h7-12,17-18,23-24,27-28,47-48,55-56H,5-6,13-16,19-22H2,1-4H3. The third-order valence-corrected chi connectivity index (χ3v) is 12.8. The molecule has 2 saturated carbocycles. The zero-order valence-corrected chi connectivity index (χ0v) is 36.3. The van der Waals surface area contributed by atoms with Crippen LogP contribution in [0.2, 0.25) is 10.0 Å². The Morgan fingerprint density at radius 3 is 1.42 bits per heavy atom. The van der Waals surface area contributed by atoms with E-state index in [1.165, 1.54) is 9.03 Å². The second-order valence-corrected chi connectivity index (χ2v) is 16.8. The Labute approximate surface area is 366 Å². The Hall–Kier alpha value is -5.36. The van der Waals surface area contributed by atoms with Crippen molar-refractivity contribution >= 4 is 46.2 Å². The third kappa shape index (κ3) is 7.73. The summed E-state index contributed by atoms with van der Waals surface area (Å²) in [6.45, 7) is 8.70. The lowest BCUT2D eigenvalue weighted by Crippen LogP contribution is -2.63. The number of rotatable bonds is 15. The van der Waals surface area contributed by atoms with Crippen LogP contribution in [-0.2, 0) is 32.2 Å². The molecule has 62 heavy (non-hydrogen) atoms. The zero-order valence-electron chi connectivity index (χ0n) is 34.8. The van der Waals surface area contributed by atoms with Gasteiger partial charge in [0.05, 0.1) is 46.9 Å². The lowest BCUT2D eigenvalue weighted by molar-refractivity contribution is -0.161. The van der Waals surface area contributed by atoms with Gasteiger partial charge < -0.3 is 28.8 Å². The van der Waals surface area contributed by atoms with Crippen LogP contribution in [0.1, 0.15) is 50.9 Å². The minimum atomic E-state index is -0.972. The monoisotopic (exact) mass is 886 g/mol. The largest absolute Gasteiger partial charge is 0.465 e. The normalized spacial score (nSPS) is 20.9. The van der Waals surface area contributed by atoms with Crippen LogP contribution < -0.4 is 21.8 Å².